The highest BCUT2D eigenvalue weighted by molar-refractivity contribution is 5.88. The van der Waals surface area contributed by atoms with Crippen LogP contribution in [0.15, 0.2) is 42.6 Å². The first kappa shape index (κ1) is 13.3. The number of hydrogen-bond donors (Lipinski definition) is 1. The van der Waals surface area contributed by atoms with E-state index in [-0.39, 0.29) is 11.5 Å². The molecule has 1 aromatic carbocycles. The number of aryl methyl sites for hydroxylation is 1. The number of rotatable bonds is 3. The molecule has 0 radical (unpaired) electrons. The summed E-state index contributed by atoms with van der Waals surface area (Å²) in [7, 11) is 0. The number of imidazole rings is 1. The van der Waals surface area contributed by atoms with E-state index in [4.69, 9.17) is 0 Å². The molecule has 4 nitrogen and oxygen atoms in total. The highest BCUT2D eigenvalue weighted by Crippen LogP contribution is 2.18. The zero-order valence-corrected chi connectivity index (χ0v) is 11.4. The minimum Gasteiger partial charge on any atom is -0.477 e. The maximum absolute atomic E-state index is 12.9. The SMILES string of the molecule is Cc1ccc2nc(Cc3ccc(F)cc3)c(C(=O)O)n2c1. The summed E-state index contributed by atoms with van der Waals surface area (Å²) in [6.45, 7) is 1.89. The van der Waals surface area contributed by atoms with Crippen LogP contribution in [-0.2, 0) is 6.42 Å². The van der Waals surface area contributed by atoms with Crippen LogP contribution in [0.3, 0.4) is 0 Å². The summed E-state index contributed by atoms with van der Waals surface area (Å²) in [6, 6.07) is 9.66. The number of nitrogens with zero attached hydrogens (tertiary/aromatic N) is 2. The number of carbonyl (C=O) groups is 1. The average molecular weight is 284 g/mol. The molecule has 1 N–H and O–H groups in total. The van der Waals surface area contributed by atoms with Crippen LogP contribution in [0.1, 0.15) is 27.3 Å². The van der Waals surface area contributed by atoms with Crippen LogP contribution >= 0.6 is 0 Å². The minimum absolute atomic E-state index is 0.151. The van der Waals surface area contributed by atoms with E-state index in [1.807, 2.05) is 13.0 Å². The van der Waals surface area contributed by atoms with Gasteiger partial charge >= 0.3 is 5.97 Å². The van der Waals surface area contributed by atoms with Crippen LogP contribution in [0.25, 0.3) is 5.65 Å². The van der Waals surface area contributed by atoms with Gasteiger partial charge in [-0.1, -0.05) is 18.2 Å². The molecule has 0 unspecified atom stereocenters. The van der Waals surface area contributed by atoms with Gasteiger partial charge in [-0.25, -0.2) is 14.2 Å². The number of benzene rings is 1. The first-order valence-corrected chi connectivity index (χ1v) is 6.50. The first-order chi connectivity index (χ1) is 10.0. The van der Waals surface area contributed by atoms with Crippen molar-refractivity contribution in [2.24, 2.45) is 0 Å². The molecular formula is C16H13FN2O2. The third-order valence-electron chi connectivity index (χ3n) is 3.33. The van der Waals surface area contributed by atoms with E-state index in [1.165, 1.54) is 12.1 Å². The molecule has 0 fully saturated rings. The van der Waals surface area contributed by atoms with Crippen molar-refractivity contribution in [2.45, 2.75) is 13.3 Å². The number of aromatic nitrogens is 2. The predicted molar refractivity (Wildman–Crippen MR) is 76.1 cm³/mol. The number of hydrogen-bond acceptors (Lipinski definition) is 2. The van der Waals surface area contributed by atoms with E-state index in [2.05, 4.69) is 4.98 Å². The van der Waals surface area contributed by atoms with Crippen molar-refractivity contribution in [2.75, 3.05) is 0 Å². The predicted octanol–water partition coefficient (Wildman–Crippen LogP) is 3.07. The van der Waals surface area contributed by atoms with E-state index in [9.17, 15) is 14.3 Å². The monoisotopic (exact) mass is 284 g/mol. The zero-order chi connectivity index (χ0) is 15.0. The number of halogens is 1. The summed E-state index contributed by atoms with van der Waals surface area (Å²) in [5.41, 5.74) is 2.99. The fourth-order valence-electron chi connectivity index (χ4n) is 2.34. The van der Waals surface area contributed by atoms with Crippen LogP contribution in [0, 0.1) is 12.7 Å². The van der Waals surface area contributed by atoms with Gasteiger partial charge in [0.15, 0.2) is 5.69 Å². The molecule has 0 spiro atoms. The molecule has 0 aliphatic rings. The Bertz CT molecular complexity index is 822. The lowest BCUT2D eigenvalue weighted by atomic mass is 10.1. The van der Waals surface area contributed by atoms with Gasteiger partial charge in [-0.3, -0.25) is 4.40 Å². The quantitative estimate of drug-likeness (QED) is 0.804. The molecule has 3 rings (SSSR count). The lowest BCUT2D eigenvalue weighted by Crippen LogP contribution is -2.06. The Balaban J connectivity index is 2.11. The molecule has 0 saturated carbocycles. The third-order valence-corrected chi connectivity index (χ3v) is 3.33. The van der Waals surface area contributed by atoms with Crippen molar-refractivity contribution in [1.29, 1.82) is 0 Å². The van der Waals surface area contributed by atoms with Crippen LogP contribution in [0.4, 0.5) is 4.39 Å². The molecule has 0 aliphatic heterocycles. The fraction of sp³-hybridized carbons (Fsp3) is 0.125. The third kappa shape index (κ3) is 2.50. The Hall–Kier alpha value is -2.69. The van der Waals surface area contributed by atoms with Crippen molar-refractivity contribution in [3.8, 4) is 0 Å². The van der Waals surface area contributed by atoms with Crippen molar-refractivity contribution in [3.63, 3.8) is 0 Å². The smallest absolute Gasteiger partial charge is 0.354 e. The highest BCUT2D eigenvalue weighted by atomic mass is 19.1. The van der Waals surface area contributed by atoms with Gasteiger partial charge in [0, 0.05) is 12.6 Å². The lowest BCUT2D eigenvalue weighted by molar-refractivity contribution is 0.0688. The van der Waals surface area contributed by atoms with Crippen LogP contribution < -0.4 is 0 Å². The average Bonchev–Trinajstić information content (AvgIpc) is 2.78. The largest absolute Gasteiger partial charge is 0.477 e. The summed E-state index contributed by atoms with van der Waals surface area (Å²) < 4.78 is 14.5. The second-order valence-electron chi connectivity index (χ2n) is 4.95. The molecule has 3 aromatic rings. The maximum atomic E-state index is 12.9. The fourth-order valence-corrected chi connectivity index (χ4v) is 2.34. The summed E-state index contributed by atoms with van der Waals surface area (Å²) in [5.74, 6) is -1.34. The van der Waals surface area contributed by atoms with E-state index in [0.717, 1.165) is 11.1 Å². The molecule has 2 aromatic heterocycles. The summed E-state index contributed by atoms with van der Waals surface area (Å²) in [4.78, 5) is 15.9. The summed E-state index contributed by atoms with van der Waals surface area (Å²) in [5, 5.41) is 9.44. The number of carboxylic acids is 1. The van der Waals surface area contributed by atoms with Gasteiger partial charge in [0.2, 0.25) is 0 Å². The van der Waals surface area contributed by atoms with Gasteiger partial charge in [0.1, 0.15) is 11.5 Å². The van der Waals surface area contributed by atoms with E-state index < -0.39 is 5.97 Å². The molecule has 5 heteroatoms. The number of aromatic carboxylic acids is 1. The van der Waals surface area contributed by atoms with Gasteiger partial charge in [-0.05, 0) is 36.2 Å². The summed E-state index contributed by atoms with van der Waals surface area (Å²) >= 11 is 0. The standard InChI is InChI=1S/C16H13FN2O2/c1-10-2-7-14-18-13(15(16(20)21)19(14)9-10)8-11-3-5-12(17)6-4-11/h2-7,9H,8H2,1H3,(H,20,21). The molecule has 0 amide bonds. The molecule has 0 aliphatic carbocycles. The first-order valence-electron chi connectivity index (χ1n) is 6.50. The molecule has 2 heterocycles. The number of carboxylic acid groups (broad SMARTS) is 1. The molecule has 0 atom stereocenters. The maximum Gasteiger partial charge on any atom is 0.354 e. The van der Waals surface area contributed by atoms with Crippen molar-refractivity contribution in [1.82, 2.24) is 9.38 Å². The van der Waals surface area contributed by atoms with Gasteiger partial charge in [-0.15, -0.1) is 0 Å². The van der Waals surface area contributed by atoms with Gasteiger partial charge < -0.3 is 5.11 Å². The second-order valence-corrected chi connectivity index (χ2v) is 4.95. The van der Waals surface area contributed by atoms with Crippen LogP contribution in [0.2, 0.25) is 0 Å². The van der Waals surface area contributed by atoms with Crippen molar-refractivity contribution >= 4 is 11.6 Å². The zero-order valence-electron chi connectivity index (χ0n) is 11.4. The Morgan fingerprint density at radius 3 is 2.62 bits per heavy atom. The normalized spacial score (nSPS) is 11.0. The Labute approximate surface area is 120 Å². The molecule has 106 valence electrons. The number of fused-ring (bicyclic) bond motifs is 1. The lowest BCUT2D eigenvalue weighted by Gasteiger charge is -2.01. The van der Waals surface area contributed by atoms with E-state index in [0.29, 0.717) is 17.8 Å². The molecule has 0 saturated heterocycles. The second kappa shape index (κ2) is 5.01. The van der Waals surface area contributed by atoms with E-state index in [1.54, 1.807) is 28.8 Å². The van der Waals surface area contributed by atoms with Crippen LogP contribution in [-0.4, -0.2) is 20.5 Å². The van der Waals surface area contributed by atoms with Crippen LogP contribution in [0.5, 0.6) is 0 Å². The van der Waals surface area contributed by atoms with Gasteiger partial charge in [-0.2, -0.15) is 0 Å². The van der Waals surface area contributed by atoms with Crippen molar-refractivity contribution < 1.29 is 14.3 Å². The highest BCUT2D eigenvalue weighted by Gasteiger charge is 2.18. The van der Waals surface area contributed by atoms with Gasteiger partial charge in [0.05, 0.1) is 5.69 Å². The van der Waals surface area contributed by atoms with Gasteiger partial charge in [0.25, 0.3) is 0 Å². The molecule has 21 heavy (non-hydrogen) atoms. The molecular weight excluding hydrogens is 271 g/mol. The van der Waals surface area contributed by atoms with Crippen molar-refractivity contribution in [3.05, 3.63) is 70.9 Å². The van der Waals surface area contributed by atoms with E-state index >= 15 is 0 Å². The Morgan fingerprint density at radius 1 is 1.24 bits per heavy atom. The number of pyridine rings is 1. The minimum atomic E-state index is -1.02. The summed E-state index contributed by atoms with van der Waals surface area (Å²) in [6.07, 6.45) is 2.10. The Morgan fingerprint density at radius 2 is 1.95 bits per heavy atom. The molecule has 0 bridgehead atoms. The topological polar surface area (TPSA) is 54.6 Å². The Kier molecular flexibility index (Phi) is 3.17.